The monoisotopic (exact) mass is 336 g/mol. The minimum atomic E-state index is 0.251. The third kappa shape index (κ3) is 2.72. The Morgan fingerprint density at radius 2 is 2.04 bits per heavy atom. The topological polar surface area (TPSA) is 63.0 Å². The van der Waals surface area contributed by atoms with Gasteiger partial charge in [-0.1, -0.05) is 18.2 Å². The average molecular weight is 336 g/mol. The number of phenolic OH excluding ortho intramolecular Hbond substituents is 1. The zero-order valence-corrected chi connectivity index (χ0v) is 13.7. The first kappa shape index (κ1) is 14.7. The number of nitrogens with zero attached hydrogens (tertiary/aromatic N) is 3. The van der Waals surface area contributed by atoms with Crippen LogP contribution in [0.5, 0.6) is 5.75 Å². The summed E-state index contributed by atoms with van der Waals surface area (Å²) in [6, 6.07) is 15.3. The van der Waals surface area contributed by atoms with Crippen LogP contribution in [0.15, 0.2) is 60.1 Å². The minimum absolute atomic E-state index is 0.251. The highest BCUT2D eigenvalue weighted by atomic mass is 32.1. The van der Waals surface area contributed by atoms with Gasteiger partial charge in [0, 0.05) is 19.3 Å². The van der Waals surface area contributed by atoms with Crippen molar-refractivity contribution in [3.8, 4) is 16.5 Å². The quantitative estimate of drug-likeness (QED) is 0.579. The van der Waals surface area contributed by atoms with Crippen molar-refractivity contribution in [2.75, 3.05) is 11.9 Å². The molecular formula is C18H16N4OS. The maximum absolute atomic E-state index is 10.3. The Morgan fingerprint density at radius 1 is 1.08 bits per heavy atom. The van der Waals surface area contributed by atoms with E-state index >= 15 is 0 Å². The SMILES string of the molecule is Oc1cccc2nc(-c3cccs3)n(CCNc3ccccn3)c12. The summed E-state index contributed by atoms with van der Waals surface area (Å²) in [5.74, 6) is 1.97. The third-order valence-electron chi connectivity index (χ3n) is 3.79. The van der Waals surface area contributed by atoms with E-state index in [0.717, 1.165) is 27.6 Å². The van der Waals surface area contributed by atoms with Crippen molar-refractivity contribution in [2.45, 2.75) is 6.54 Å². The largest absolute Gasteiger partial charge is 0.506 e. The summed E-state index contributed by atoms with van der Waals surface area (Å²) in [5, 5.41) is 15.6. The van der Waals surface area contributed by atoms with Gasteiger partial charge in [-0.15, -0.1) is 11.3 Å². The minimum Gasteiger partial charge on any atom is -0.506 e. The molecule has 0 unspecified atom stereocenters. The molecule has 0 saturated carbocycles. The predicted octanol–water partition coefficient (Wildman–Crippen LogP) is 3.98. The van der Waals surface area contributed by atoms with E-state index in [9.17, 15) is 5.11 Å². The molecule has 0 atom stereocenters. The van der Waals surface area contributed by atoms with Crippen molar-refractivity contribution >= 4 is 28.2 Å². The van der Waals surface area contributed by atoms with Gasteiger partial charge in [-0.25, -0.2) is 9.97 Å². The van der Waals surface area contributed by atoms with Crippen LogP contribution in [0.4, 0.5) is 5.82 Å². The van der Waals surface area contributed by atoms with Gasteiger partial charge in [-0.2, -0.15) is 0 Å². The smallest absolute Gasteiger partial charge is 0.151 e. The normalized spacial score (nSPS) is 11.0. The van der Waals surface area contributed by atoms with Gasteiger partial charge >= 0.3 is 0 Å². The van der Waals surface area contributed by atoms with E-state index in [-0.39, 0.29) is 5.75 Å². The number of nitrogens with one attached hydrogen (secondary N) is 1. The molecule has 5 nitrogen and oxygen atoms in total. The van der Waals surface area contributed by atoms with Crippen molar-refractivity contribution < 1.29 is 5.11 Å². The number of phenols is 1. The molecule has 3 heterocycles. The van der Waals surface area contributed by atoms with Gasteiger partial charge in [0.15, 0.2) is 5.82 Å². The number of aromatic nitrogens is 3. The number of fused-ring (bicyclic) bond motifs is 1. The second-order valence-corrected chi connectivity index (χ2v) is 6.30. The zero-order valence-electron chi connectivity index (χ0n) is 12.9. The fourth-order valence-electron chi connectivity index (χ4n) is 2.74. The van der Waals surface area contributed by atoms with E-state index in [1.54, 1.807) is 23.6 Å². The maximum Gasteiger partial charge on any atom is 0.151 e. The number of thiophene rings is 1. The second kappa shape index (κ2) is 6.33. The third-order valence-corrected chi connectivity index (χ3v) is 4.66. The molecule has 6 heteroatoms. The summed E-state index contributed by atoms with van der Waals surface area (Å²) in [5.41, 5.74) is 1.57. The van der Waals surface area contributed by atoms with Gasteiger partial charge in [0.1, 0.15) is 17.1 Å². The molecule has 2 N–H and O–H groups in total. The predicted molar refractivity (Wildman–Crippen MR) is 97.4 cm³/mol. The molecule has 0 radical (unpaired) electrons. The van der Waals surface area contributed by atoms with Crippen molar-refractivity contribution in [3.63, 3.8) is 0 Å². The van der Waals surface area contributed by atoms with Crippen LogP contribution in [-0.2, 0) is 6.54 Å². The Morgan fingerprint density at radius 3 is 2.83 bits per heavy atom. The van der Waals surface area contributed by atoms with E-state index in [0.29, 0.717) is 13.1 Å². The number of pyridine rings is 1. The number of aromatic hydroxyl groups is 1. The van der Waals surface area contributed by atoms with E-state index in [4.69, 9.17) is 4.98 Å². The average Bonchev–Trinajstić information content (AvgIpc) is 3.24. The van der Waals surface area contributed by atoms with Gasteiger partial charge in [-0.3, -0.25) is 0 Å². The Balaban J connectivity index is 1.68. The maximum atomic E-state index is 10.3. The van der Waals surface area contributed by atoms with Gasteiger partial charge < -0.3 is 15.0 Å². The molecule has 3 aromatic heterocycles. The lowest BCUT2D eigenvalue weighted by molar-refractivity contribution is 0.478. The first-order valence-electron chi connectivity index (χ1n) is 7.70. The fraction of sp³-hybridized carbons (Fsp3) is 0.111. The Kier molecular flexibility index (Phi) is 3.88. The van der Waals surface area contributed by atoms with Crippen LogP contribution < -0.4 is 5.32 Å². The molecule has 0 aliphatic carbocycles. The van der Waals surface area contributed by atoms with Crippen LogP contribution in [-0.4, -0.2) is 26.2 Å². The van der Waals surface area contributed by atoms with Crippen LogP contribution in [0.2, 0.25) is 0 Å². The van der Waals surface area contributed by atoms with Crippen LogP contribution in [0.3, 0.4) is 0 Å². The Hall–Kier alpha value is -2.86. The van der Waals surface area contributed by atoms with E-state index in [1.807, 2.05) is 47.8 Å². The van der Waals surface area contributed by atoms with Gasteiger partial charge in [0.05, 0.1) is 10.4 Å². The molecule has 1 aromatic carbocycles. The molecule has 0 aliphatic heterocycles. The van der Waals surface area contributed by atoms with Crippen LogP contribution >= 0.6 is 11.3 Å². The first-order chi connectivity index (χ1) is 11.8. The molecule has 24 heavy (non-hydrogen) atoms. The van der Waals surface area contributed by atoms with E-state index in [2.05, 4.69) is 14.9 Å². The lowest BCUT2D eigenvalue weighted by atomic mass is 10.3. The van der Waals surface area contributed by atoms with Crippen LogP contribution in [0.25, 0.3) is 21.7 Å². The molecule has 0 bridgehead atoms. The summed E-state index contributed by atoms with van der Waals surface area (Å²) in [6.45, 7) is 1.37. The summed E-state index contributed by atoms with van der Waals surface area (Å²) >= 11 is 1.64. The number of rotatable bonds is 5. The lowest BCUT2D eigenvalue weighted by Gasteiger charge is -2.10. The van der Waals surface area contributed by atoms with Gasteiger partial charge in [-0.05, 0) is 35.7 Å². The molecule has 4 aromatic rings. The van der Waals surface area contributed by atoms with E-state index < -0.39 is 0 Å². The first-order valence-corrected chi connectivity index (χ1v) is 8.58. The summed E-state index contributed by atoms with van der Waals surface area (Å²) in [6.07, 6.45) is 1.76. The molecule has 0 spiro atoms. The number of hydrogen-bond donors (Lipinski definition) is 2. The number of benzene rings is 1. The highest BCUT2D eigenvalue weighted by Gasteiger charge is 2.15. The van der Waals surface area contributed by atoms with Crippen molar-refractivity contribution in [3.05, 3.63) is 60.1 Å². The summed E-state index contributed by atoms with van der Waals surface area (Å²) in [7, 11) is 0. The van der Waals surface area contributed by atoms with Crippen molar-refractivity contribution in [2.24, 2.45) is 0 Å². The molecule has 0 fully saturated rings. The highest BCUT2D eigenvalue weighted by Crippen LogP contribution is 2.32. The van der Waals surface area contributed by atoms with Gasteiger partial charge in [0.25, 0.3) is 0 Å². The lowest BCUT2D eigenvalue weighted by Crippen LogP contribution is -2.12. The number of imidazole rings is 1. The number of anilines is 1. The molecular weight excluding hydrogens is 320 g/mol. The van der Waals surface area contributed by atoms with Gasteiger partial charge in [0.2, 0.25) is 0 Å². The Labute approximate surface area is 143 Å². The Bertz CT molecular complexity index is 948. The summed E-state index contributed by atoms with van der Waals surface area (Å²) < 4.78 is 2.06. The van der Waals surface area contributed by atoms with Crippen molar-refractivity contribution in [1.29, 1.82) is 0 Å². The standard InChI is InChI=1S/C18H16N4OS/c23-14-6-3-5-13-17(14)22(18(21-13)15-7-4-12-24-15)11-10-20-16-8-1-2-9-19-16/h1-9,12,23H,10-11H2,(H,19,20). The molecule has 0 saturated heterocycles. The number of para-hydroxylation sites is 1. The zero-order chi connectivity index (χ0) is 16.4. The molecule has 0 aliphatic rings. The molecule has 120 valence electrons. The number of hydrogen-bond acceptors (Lipinski definition) is 5. The second-order valence-electron chi connectivity index (χ2n) is 5.35. The van der Waals surface area contributed by atoms with Crippen LogP contribution in [0, 0.1) is 0 Å². The highest BCUT2D eigenvalue weighted by molar-refractivity contribution is 7.13. The fourth-order valence-corrected chi connectivity index (χ4v) is 3.46. The van der Waals surface area contributed by atoms with Crippen molar-refractivity contribution in [1.82, 2.24) is 14.5 Å². The molecule has 4 rings (SSSR count). The van der Waals surface area contributed by atoms with E-state index in [1.165, 1.54) is 0 Å². The molecule has 0 amide bonds. The summed E-state index contributed by atoms with van der Waals surface area (Å²) in [4.78, 5) is 10.1. The van der Waals surface area contributed by atoms with Crippen LogP contribution in [0.1, 0.15) is 0 Å².